The van der Waals surface area contributed by atoms with E-state index in [1.807, 2.05) is 18.3 Å². The molecule has 4 aromatic heterocycles. The molecule has 0 radical (unpaired) electrons. The first-order valence-corrected chi connectivity index (χ1v) is 23.7. The number of hydrogen-bond donors (Lipinski definition) is 2. The molecule has 15 rings (SSSR count). The van der Waals surface area contributed by atoms with E-state index in [0.29, 0.717) is 0 Å². The van der Waals surface area contributed by atoms with Crippen LogP contribution in [-0.4, -0.2) is 21.6 Å². The van der Waals surface area contributed by atoms with Gasteiger partial charge in [-0.25, -0.2) is 4.99 Å². The quantitative estimate of drug-likeness (QED) is 0.134. The maximum Gasteiger partial charge on any atom is 0.151 e. The van der Waals surface area contributed by atoms with Crippen LogP contribution >= 0.6 is 11.3 Å². The van der Waals surface area contributed by atoms with Crippen LogP contribution in [0.15, 0.2) is 210 Å². The number of rotatable bonds is 4. The van der Waals surface area contributed by atoms with E-state index in [1.54, 1.807) is 11.3 Å². The van der Waals surface area contributed by atoms with E-state index in [2.05, 4.69) is 198 Å². The molecule has 316 valence electrons. The van der Waals surface area contributed by atoms with Gasteiger partial charge in [-0.3, -0.25) is 5.41 Å². The summed E-state index contributed by atoms with van der Waals surface area (Å²) >= 11 is 1.78. The van der Waals surface area contributed by atoms with E-state index in [1.165, 1.54) is 69.3 Å². The highest BCUT2D eigenvalue weighted by Crippen LogP contribution is 2.45. The summed E-state index contributed by atoms with van der Waals surface area (Å²) < 4.78 is 11.2. The Kier molecular flexibility index (Phi) is 7.74. The largest absolute Gasteiger partial charge is 0.456 e. The minimum Gasteiger partial charge on any atom is -0.456 e. The van der Waals surface area contributed by atoms with Crippen LogP contribution in [-0.2, 0) is 0 Å². The van der Waals surface area contributed by atoms with Crippen molar-refractivity contribution in [1.82, 2.24) is 9.55 Å². The van der Waals surface area contributed by atoms with Gasteiger partial charge in [0.15, 0.2) is 5.84 Å². The summed E-state index contributed by atoms with van der Waals surface area (Å²) in [7, 11) is 0. The molecule has 11 aromatic carbocycles. The Morgan fingerprint density at radius 2 is 1.13 bits per heavy atom. The molecule has 2 N–H and O–H groups in total. The fourth-order valence-electron chi connectivity index (χ4n) is 11.0. The average Bonchev–Trinajstić information content (AvgIpc) is 4.14. The first-order chi connectivity index (χ1) is 33.6. The number of H-pyrrole nitrogens is 1. The lowest BCUT2D eigenvalue weighted by molar-refractivity contribution is 0.669. The maximum atomic E-state index is 9.74. The van der Waals surface area contributed by atoms with Crippen molar-refractivity contribution in [2.75, 3.05) is 0 Å². The number of aromatic amines is 1. The van der Waals surface area contributed by atoms with Crippen LogP contribution in [0.3, 0.4) is 0 Å². The number of furan rings is 1. The molecule has 0 saturated heterocycles. The Bertz CT molecular complexity index is 4620. The number of para-hydroxylation sites is 2. The molecule has 15 aromatic rings. The van der Waals surface area contributed by atoms with Gasteiger partial charge in [0, 0.05) is 80.9 Å². The highest BCUT2D eigenvalue weighted by Gasteiger charge is 2.22. The van der Waals surface area contributed by atoms with Crippen LogP contribution in [0.1, 0.15) is 11.1 Å². The number of nitrogens with zero attached hydrogens (tertiary/aromatic N) is 2. The van der Waals surface area contributed by atoms with Gasteiger partial charge in [0.2, 0.25) is 0 Å². The molecule has 0 unspecified atom stereocenters. The molecule has 0 bridgehead atoms. The molecule has 0 spiro atoms. The summed E-state index contributed by atoms with van der Waals surface area (Å²) in [5.41, 5.74) is 11.0. The summed E-state index contributed by atoms with van der Waals surface area (Å²) in [5.74, 6) is 0.184. The van der Waals surface area contributed by atoms with E-state index in [-0.39, 0.29) is 5.84 Å². The van der Waals surface area contributed by atoms with Crippen molar-refractivity contribution in [3.63, 3.8) is 0 Å². The normalized spacial score (nSPS) is 12.4. The highest BCUT2D eigenvalue weighted by molar-refractivity contribution is 7.26. The molecule has 0 amide bonds. The van der Waals surface area contributed by atoms with Crippen LogP contribution < -0.4 is 0 Å². The molecule has 0 atom stereocenters. The Hall–Kier alpha value is -8.84. The van der Waals surface area contributed by atoms with E-state index in [4.69, 9.17) is 9.41 Å². The Morgan fingerprint density at radius 3 is 1.87 bits per heavy atom. The highest BCUT2D eigenvalue weighted by atomic mass is 32.1. The zero-order valence-corrected chi connectivity index (χ0v) is 37.2. The summed E-state index contributed by atoms with van der Waals surface area (Å²) in [4.78, 5) is 8.67. The van der Waals surface area contributed by atoms with Crippen LogP contribution in [0.5, 0.6) is 0 Å². The number of aliphatic imine (C=N–C) groups is 1. The molecule has 0 aliphatic heterocycles. The molecule has 0 aliphatic rings. The second-order valence-corrected chi connectivity index (χ2v) is 19.1. The second-order valence-electron chi connectivity index (χ2n) is 18.0. The van der Waals surface area contributed by atoms with Gasteiger partial charge in [-0.1, -0.05) is 127 Å². The Balaban J connectivity index is 0.928. The maximum absolute atomic E-state index is 9.74. The predicted octanol–water partition coefficient (Wildman–Crippen LogP) is 17.3. The van der Waals surface area contributed by atoms with Crippen LogP contribution in [0.2, 0.25) is 0 Å². The summed E-state index contributed by atoms with van der Waals surface area (Å²) in [6.45, 7) is 0. The first-order valence-electron chi connectivity index (χ1n) is 22.9. The standard InChI is InChI=1S/C62H36N4OS/c63-62(64-34-42-17-9-22-56-59(42)49-28-41(23-24-55(49)67-56)44-19-10-20-46-45-18-7-8-21-51(45)65-61(44)46)43-31-54(60-50-27-37-13-3-6-16-40(37)32-57(50)68-58(60)33-43)66-52-29-38-14-4-1-11-35(38)25-47(52)48-26-36-12-2-5-15-39(36)30-53(48)66/h1-34,63,65H. The van der Waals surface area contributed by atoms with Crippen LogP contribution in [0.4, 0.5) is 0 Å². The SMILES string of the molecule is N=C(N=Cc1cccc2oc3ccc(-c4cccc5c4[nH]c4ccccc45)cc3c12)c1cc(-n2c3cc4ccccc4cc3c3cc4ccccc4cc32)c2c(c1)sc1cc3ccccc3cc12. The van der Waals surface area contributed by atoms with E-state index in [0.717, 1.165) is 76.6 Å². The number of fused-ring (bicyclic) bond motifs is 15. The van der Waals surface area contributed by atoms with Gasteiger partial charge >= 0.3 is 0 Å². The molecular formula is C62H36N4OS. The third-order valence-corrected chi connectivity index (χ3v) is 15.2. The summed E-state index contributed by atoms with van der Waals surface area (Å²) in [5, 5.41) is 26.1. The van der Waals surface area contributed by atoms with Crippen molar-refractivity contribution in [1.29, 1.82) is 5.41 Å². The molecular weight excluding hydrogens is 849 g/mol. The lowest BCUT2D eigenvalue weighted by Gasteiger charge is -2.13. The fourth-order valence-corrected chi connectivity index (χ4v) is 12.2. The van der Waals surface area contributed by atoms with Crippen molar-refractivity contribution in [2.24, 2.45) is 4.99 Å². The number of amidine groups is 1. The van der Waals surface area contributed by atoms with E-state index >= 15 is 0 Å². The number of hydrogen-bond acceptors (Lipinski definition) is 3. The molecule has 0 saturated carbocycles. The molecule has 5 nitrogen and oxygen atoms in total. The van der Waals surface area contributed by atoms with Crippen LogP contribution in [0, 0.1) is 5.41 Å². The molecule has 6 heteroatoms. The van der Waals surface area contributed by atoms with E-state index < -0.39 is 0 Å². The molecule has 68 heavy (non-hydrogen) atoms. The third kappa shape index (κ3) is 5.49. The van der Waals surface area contributed by atoms with Gasteiger partial charge in [-0.2, -0.15) is 0 Å². The van der Waals surface area contributed by atoms with Gasteiger partial charge in [0.1, 0.15) is 11.2 Å². The molecule has 0 aliphatic carbocycles. The summed E-state index contributed by atoms with van der Waals surface area (Å²) in [6, 6.07) is 71.7. The van der Waals surface area contributed by atoms with Crippen molar-refractivity contribution in [3.8, 4) is 16.8 Å². The first kappa shape index (κ1) is 37.4. The van der Waals surface area contributed by atoms with Crippen LogP contribution in [0.25, 0.3) is 135 Å². The Labute approximate surface area is 391 Å². The minimum absolute atomic E-state index is 0.184. The van der Waals surface area contributed by atoms with Gasteiger partial charge in [-0.15, -0.1) is 11.3 Å². The number of benzene rings is 11. The lowest BCUT2D eigenvalue weighted by Crippen LogP contribution is -2.01. The van der Waals surface area contributed by atoms with Gasteiger partial charge in [-0.05, 0) is 111 Å². The topological polar surface area (TPSA) is 70.1 Å². The third-order valence-electron chi connectivity index (χ3n) is 14.1. The van der Waals surface area contributed by atoms with Crippen molar-refractivity contribution in [3.05, 3.63) is 211 Å². The molecule has 4 heterocycles. The van der Waals surface area contributed by atoms with E-state index in [9.17, 15) is 5.41 Å². The summed E-state index contributed by atoms with van der Waals surface area (Å²) in [6.07, 6.45) is 1.84. The Morgan fingerprint density at radius 1 is 0.500 bits per heavy atom. The average molecular weight is 885 g/mol. The predicted molar refractivity (Wildman–Crippen MR) is 289 cm³/mol. The van der Waals surface area contributed by atoms with Gasteiger partial charge in [0.25, 0.3) is 0 Å². The lowest BCUT2D eigenvalue weighted by atomic mass is 9.99. The van der Waals surface area contributed by atoms with Gasteiger partial charge < -0.3 is 14.0 Å². The zero-order valence-electron chi connectivity index (χ0n) is 36.3. The van der Waals surface area contributed by atoms with Crippen molar-refractivity contribution >= 4 is 141 Å². The zero-order chi connectivity index (χ0) is 44.6. The number of aromatic nitrogens is 2. The number of nitrogens with one attached hydrogen (secondary N) is 2. The number of thiophene rings is 1. The van der Waals surface area contributed by atoms with Crippen molar-refractivity contribution < 1.29 is 4.42 Å². The monoisotopic (exact) mass is 884 g/mol. The second kappa shape index (κ2) is 14.1. The minimum atomic E-state index is 0.184. The van der Waals surface area contributed by atoms with Gasteiger partial charge in [0.05, 0.1) is 22.2 Å². The smallest absolute Gasteiger partial charge is 0.151 e. The fraction of sp³-hybridized carbons (Fsp3) is 0. The van der Waals surface area contributed by atoms with Crippen molar-refractivity contribution in [2.45, 2.75) is 0 Å². The molecule has 0 fully saturated rings.